The lowest BCUT2D eigenvalue weighted by Crippen LogP contribution is -2.34. The number of aromatic nitrogens is 3. The minimum absolute atomic E-state index is 0.0613. The number of hydrogen-bond donors (Lipinski definition) is 1. The number of carboxylic acid groups (broad SMARTS) is 1. The van der Waals surface area contributed by atoms with Crippen LogP contribution in [0.25, 0.3) is 11.0 Å². The molecule has 1 N–H and O–H groups in total. The summed E-state index contributed by atoms with van der Waals surface area (Å²) in [6.07, 6.45) is 1.45. The summed E-state index contributed by atoms with van der Waals surface area (Å²) in [6, 6.07) is 15.1. The standard InChI is InChI=1S/C31H31ClFN5O5/c32-23-6-4-22(24(33)17-23)19-43-29-3-1-2-25(35-29)20-8-10-36(11-9-20)18-28-34-26-7-5-21(30(39)40)16-27(26)38(28)13-12-37-14-15-42-31(37)41/h1-7,16-17,20H,8-15,18-19H2,(H,39,40). The van der Waals surface area contributed by atoms with Gasteiger partial charge in [-0.1, -0.05) is 23.7 Å². The van der Waals surface area contributed by atoms with E-state index >= 15 is 0 Å². The van der Waals surface area contributed by atoms with Gasteiger partial charge < -0.3 is 24.0 Å². The lowest BCUT2D eigenvalue weighted by Gasteiger charge is -2.31. The van der Waals surface area contributed by atoms with E-state index < -0.39 is 11.8 Å². The van der Waals surface area contributed by atoms with Crippen molar-refractivity contribution in [2.45, 2.75) is 38.5 Å². The molecule has 2 aliphatic heterocycles. The summed E-state index contributed by atoms with van der Waals surface area (Å²) in [4.78, 5) is 37.2. The highest BCUT2D eigenvalue weighted by atomic mass is 35.5. The number of carbonyl (C=O) groups is 2. The predicted octanol–water partition coefficient (Wildman–Crippen LogP) is 5.33. The van der Waals surface area contributed by atoms with Crippen molar-refractivity contribution in [1.82, 2.24) is 24.3 Å². The van der Waals surface area contributed by atoms with Crippen LogP contribution in [0.2, 0.25) is 5.02 Å². The fourth-order valence-corrected chi connectivity index (χ4v) is 5.80. The molecule has 2 aromatic carbocycles. The Morgan fingerprint density at radius 2 is 1.91 bits per heavy atom. The van der Waals surface area contributed by atoms with Crippen molar-refractivity contribution in [2.24, 2.45) is 0 Å². The molecule has 1 amide bonds. The number of piperidine rings is 1. The number of hydrogen-bond acceptors (Lipinski definition) is 7. The van der Waals surface area contributed by atoms with E-state index in [4.69, 9.17) is 31.0 Å². The van der Waals surface area contributed by atoms with Gasteiger partial charge in [-0.3, -0.25) is 4.90 Å². The number of imidazole rings is 1. The largest absolute Gasteiger partial charge is 0.478 e. The van der Waals surface area contributed by atoms with Gasteiger partial charge in [-0.05, 0) is 62.3 Å². The molecular formula is C31H31ClFN5O5. The number of amides is 1. The smallest absolute Gasteiger partial charge is 0.410 e. The van der Waals surface area contributed by atoms with Gasteiger partial charge in [0, 0.05) is 41.4 Å². The zero-order valence-electron chi connectivity index (χ0n) is 23.4. The normalized spacial score (nSPS) is 16.1. The molecule has 224 valence electrons. The number of pyridine rings is 1. The van der Waals surface area contributed by atoms with Crippen LogP contribution in [0.3, 0.4) is 0 Å². The van der Waals surface area contributed by atoms with Crippen LogP contribution in [0.5, 0.6) is 5.88 Å². The fraction of sp³-hybridized carbons (Fsp3) is 0.355. The third kappa shape index (κ3) is 6.57. The minimum atomic E-state index is -0.999. The van der Waals surface area contributed by atoms with Crippen LogP contribution in [0.1, 0.15) is 46.2 Å². The average molecular weight is 608 g/mol. The van der Waals surface area contributed by atoms with E-state index in [0.29, 0.717) is 49.3 Å². The van der Waals surface area contributed by atoms with Crippen molar-refractivity contribution in [3.8, 4) is 5.88 Å². The number of likely N-dealkylation sites (tertiary alicyclic amines) is 1. The van der Waals surface area contributed by atoms with Gasteiger partial charge in [0.25, 0.3) is 0 Å². The van der Waals surface area contributed by atoms with Gasteiger partial charge in [0.05, 0.1) is 29.7 Å². The van der Waals surface area contributed by atoms with Crippen LogP contribution in [0.15, 0.2) is 54.6 Å². The first-order valence-corrected chi connectivity index (χ1v) is 14.6. The van der Waals surface area contributed by atoms with Gasteiger partial charge >= 0.3 is 12.1 Å². The van der Waals surface area contributed by atoms with Crippen molar-refractivity contribution >= 4 is 34.7 Å². The Labute approximate surface area is 252 Å². The van der Waals surface area contributed by atoms with Crippen LogP contribution < -0.4 is 4.74 Å². The minimum Gasteiger partial charge on any atom is -0.478 e. The van der Waals surface area contributed by atoms with Gasteiger partial charge in [-0.2, -0.15) is 0 Å². The van der Waals surface area contributed by atoms with Crippen LogP contribution in [0.4, 0.5) is 9.18 Å². The lowest BCUT2D eigenvalue weighted by atomic mass is 9.93. The van der Waals surface area contributed by atoms with Crippen molar-refractivity contribution in [1.29, 1.82) is 0 Å². The molecule has 2 fully saturated rings. The van der Waals surface area contributed by atoms with Crippen molar-refractivity contribution in [3.05, 3.63) is 88.1 Å². The van der Waals surface area contributed by atoms with Crippen molar-refractivity contribution in [2.75, 3.05) is 32.8 Å². The topological polar surface area (TPSA) is 110 Å². The molecule has 0 bridgehead atoms. The van der Waals surface area contributed by atoms with Gasteiger partial charge in [0.1, 0.15) is 24.9 Å². The number of ether oxygens (including phenoxy) is 2. The molecule has 0 radical (unpaired) electrons. The fourth-order valence-electron chi connectivity index (χ4n) is 5.64. The maximum absolute atomic E-state index is 14.1. The van der Waals surface area contributed by atoms with Gasteiger partial charge in [-0.15, -0.1) is 0 Å². The molecule has 4 heterocycles. The summed E-state index contributed by atoms with van der Waals surface area (Å²) in [5, 5.41) is 9.88. The number of rotatable bonds is 10. The predicted molar refractivity (Wildman–Crippen MR) is 157 cm³/mol. The van der Waals surface area contributed by atoms with Gasteiger partial charge in [0.2, 0.25) is 5.88 Å². The number of cyclic esters (lactones) is 1. The monoisotopic (exact) mass is 607 g/mol. The molecule has 0 unspecified atom stereocenters. The molecule has 2 aromatic heterocycles. The molecule has 0 saturated carbocycles. The zero-order valence-corrected chi connectivity index (χ0v) is 24.2. The summed E-state index contributed by atoms with van der Waals surface area (Å²) < 4.78 is 27.0. The Morgan fingerprint density at radius 1 is 1.07 bits per heavy atom. The highest BCUT2D eigenvalue weighted by Crippen LogP contribution is 2.29. The number of carboxylic acids is 1. The third-order valence-electron chi connectivity index (χ3n) is 8.02. The first-order valence-electron chi connectivity index (χ1n) is 14.2. The SMILES string of the molecule is O=C(O)c1ccc2nc(CN3CCC(c4cccc(OCc5ccc(Cl)cc5F)n4)CC3)n(CCN3CCOC3=O)c2c1. The van der Waals surface area contributed by atoms with E-state index in [1.54, 1.807) is 41.3 Å². The molecule has 43 heavy (non-hydrogen) atoms. The highest BCUT2D eigenvalue weighted by Gasteiger charge is 2.26. The van der Waals surface area contributed by atoms with E-state index in [0.717, 1.165) is 48.5 Å². The quantitative estimate of drug-likeness (QED) is 0.258. The number of fused-ring (bicyclic) bond motifs is 1. The number of halogens is 2. The maximum atomic E-state index is 14.1. The molecule has 0 aliphatic carbocycles. The molecule has 0 atom stereocenters. The zero-order chi connectivity index (χ0) is 29.9. The summed E-state index contributed by atoms with van der Waals surface area (Å²) in [7, 11) is 0. The Kier molecular flexibility index (Phi) is 8.44. The van der Waals surface area contributed by atoms with E-state index in [-0.39, 0.29) is 24.2 Å². The highest BCUT2D eigenvalue weighted by molar-refractivity contribution is 6.30. The van der Waals surface area contributed by atoms with E-state index in [2.05, 4.69) is 4.90 Å². The third-order valence-corrected chi connectivity index (χ3v) is 8.25. The Hall–Kier alpha value is -4.22. The molecule has 10 nitrogen and oxygen atoms in total. The molecule has 2 aliphatic rings. The first-order chi connectivity index (χ1) is 20.8. The second kappa shape index (κ2) is 12.6. The second-order valence-corrected chi connectivity index (χ2v) is 11.2. The van der Waals surface area contributed by atoms with Gasteiger partial charge in [-0.25, -0.2) is 23.9 Å². The Balaban J connectivity index is 1.11. The van der Waals surface area contributed by atoms with E-state index in [9.17, 15) is 19.1 Å². The van der Waals surface area contributed by atoms with Gasteiger partial charge in [0.15, 0.2) is 0 Å². The number of benzene rings is 2. The maximum Gasteiger partial charge on any atom is 0.410 e. The van der Waals surface area contributed by atoms with Crippen LogP contribution in [-0.2, 0) is 24.4 Å². The number of aromatic carboxylic acids is 1. The van der Waals surface area contributed by atoms with Crippen LogP contribution in [0, 0.1) is 5.82 Å². The summed E-state index contributed by atoms with van der Waals surface area (Å²) in [6.45, 7) is 4.16. The Bertz CT molecular complexity index is 1660. The second-order valence-electron chi connectivity index (χ2n) is 10.8. The molecule has 12 heteroatoms. The van der Waals surface area contributed by atoms with Crippen molar-refractivity contribution < 1.29 is 28.6 Å². The Morgan fingerprint density at radius 3 is 2.65 bits per heavy atom. The molecule has 4 aromatic rings. The summed E-state index contributed by atoms with van der Waals surface area (Å²) in [5.41, 5.74) is 3.00. The summed E-state index contributed by atoms with van der Waals surface area (Å²) >= 11 is 5.84. The number of nitrogens with zero attached hydrogens (tertiary/aromatic N) is 5. The van der Waals surface area contributed by atoms with Crippen LogP contribution in [-0.4, -0.2) is 74.3 Å². The molecule has 6 rings (SSSR count). The van der Waals surface area contributed by atoms with Crippen molar-refractivity contribution in [3.63, 3.8) is 0 Å². The van der Waals surface area contributed by atoms with E-state index in [1.807, 2.05) is 16.7 Å². The van der Waals surface area contributed by atoms with Crippen LogP contribution >= 0.6 is 11.6 Å². The van der Waals surface area contributed by atoms with E-state index in [1.165, 1.54) is 6.07 Å². The molecular weight excluding hydrogens is 577 g/mol. The lowest BCUT2D eigenvalue weighted by molar-refractivity contribution is 0.0697. The summed E-state index contributed by atoms with van der Waals surface area (Å²) in [5.74, 6) is 0.120. The first kappa shape index (κ1) is 28.9. The molecule has 2 saturated heterocycles. The molecule has 0 spiro atoms. The average Bonchev–Trinajstić information content (AvgIpc) is 3.57. The number of carbonyl (C=O) groups excluding carboxylic acids is 1.